The van der Waals surface area contributed by atoms with Crippen LogP contribution in [0.3, 0.4) is 0 Å². The van der Waals surface area contributed by atoms with Crippen LogP contribution < -0.4 is 56.7 Å². The number of hydrogen-bond acceptors (Lipinski definition) is 3. The summed E-state index contributed by atoms with van der Waals surface area (Å²) in [7, 11) is -4.32. The molecule has 0 radical (unpaired) electrons. The second-order valence-corrected chi connectivity index (χ2v) is 8.84. The van der Waals surface area contributed by atoms with Crippen molar-refractivity contribution in [2.75, 3.05) is 0 Å². The smallest absolute Gasteiger partial charge is 1.00 e. The van der Waals surface area contributed by atoms with E-state index in [9.17, 15) is 17.8 Å². The molecule has 1 amide bonds. The first kappa shape index (κ1) is 30.0. The Morgan fingerprint density at radius 1 is 1.00 bits per heavy atom. The fraction of sp³-hybridized carbons (Fsp3) is 0.850. The molecule has 0 heterocycles. The number of carbonyl (C=O) groups excluding carboxylic acids is 1. The second-order valence-electron chi connectivity index (χ2n) is 7.30. The van der Waals surface area contributed by atoms with Crippen molar-refractivity contribution >= 4 is 16.0 Å². The fourth-order valence-corrected chi connectivity index (χ4v) is 4.16. The van der Waals surface area contributed by atoms with Crippen LogP contribution in [0.2, 0.25) is 0 Å². The van der Waals surface area contributed by atoms with Crippen LogP contribution in [0, 0.1) is 5.92 Å². The molecule has 0 aliphatic carbocycles. The largest absolute Gasteiger partial charge is 1.00 e. The van der Waals surface area contributed by atoms with Gasteiger partial charge in [-0.3, -0.25) is 9.35 Å². The number of carbonyl (C=O) groups is 1. The number of nitrogens with one attached hydrogen (secondary N) is 1. The zero-order valence-corrected chi connectivity index (χ0v) is 21.7. The van der Waals surface area contributed by atoms with E-state index in [1.165, 1.54) is 57.8 Å². The average molecular weight is 430 g/mol. The van der Waals surface area contributed by atoms with Crippen molar-refractivity contribution in [2.24, 2.45) is 5.92 Å². The summed E-state index contributed by atoms with van der Waals surface area (Å²) in [4.78, 5) is 11.3. The third-order valence-corrected chi connectivity index (χ3v) is 6.04. The van der Waals surface area contributed by atoms with Crippen molar-refractivity contribution in [1.29, 1.82) is 0 Å². The van der Waals surface area contributed by atoms with Crippen LogP contribution in [0.25, 0.3) is 0 Å². The summed E-state index contributed by atoms with van der Waals surface area (Å²) in [5.74, 6) is -0.925. The summed E-state index contributed by atoms with van der Waals surface area (Å²) in [6.45, 7) is 7.28. The molecule has 0 saturated heterocycles. The minimum absolute atomic E-state index is 0. The Bertz CT molecular complexity index is 489. The van der Waals surface area contributed by atoms with Crippen LogP contribution in [0.4, 0.5) is 0 Å². The molecule has 0 aromatic heterocycles. The molecule has 0 aliphatic heterocycles. The minimum atomic E-state index is -4.32. The molecule has 2 N–H and O–H groups in total. The van der Waals surface area contributed by atoms with Gasteiger partial charge in [0.05, 0.1) is 0 Å². The minimum Gasteiger partial charge on any atom is -1.00 e. The molecule has 0 saturated carbocycles. The van der Waals surface area contributed by atoms with Crippen LogP contribution in [-0.2, 0) is 14.9 Å². The summed E-state index contributed by atoms with van der Waals surface area (Å²) >= 11 is 0. The Kier molecular flexibility index (Phi) is 20.8. The van der Waals surface area contributed by atoms with Crippen molar-refractivity contribution in [3.05, 3.63) is 12.7 Å². The number of hydrogen-bond donors (Lipinski definition) is 2. The molecule has 0 rings (SSSR count). The van der Waals surface area contributed by atoms with E-state index in [-0.39, 0.29) is 58.7 Å². The maximum atomic E-state index is 11.4. The molecule has 7 heteroatoms. The first-order chi connectivity index (χ1) is 12.3. The van der Waals surface area contributed by atoms with Gasteiger partial charge in [-0.2, -0.15) is 8.42 Å². The maximum absolute atomic E-state index is 11.4. The Balaban J connectivity index is -0.00000312. The zero-order chi connectivity index (χ0) is 19.8. The second kappa shape index (κ2) is 18.8. The molecule has 5 nitrogen and oxygen atoms in total. The van der Waals surface area contributed by atoms with Crippen LogP contribution in [0.5, 0.6) is 0 Å². The van der Waals surface area contributed by atoms with Crippen LogP contribution in [0.15, 0.2) is 12.7 Å². The van der Waals surface area contributed by atoms with Gasteiger partial charge < -0.3 is 6.74 Å². The van der Waals surface area contributed by atoms with E-state index in [0.29, 0.717) is 6.42 Å². The quantitative estimate of drug-likeness (QED) is 0.161. The van der Waals surface area contributed by atoms with Gasteiger partial charge in [-0.05, 0) is 18.4 Å². The Morgan fingerprint density at radius 2 is 1.41 bits per heavy atom. The van der Waals surface area contributed by atoms with E-state index in [2.05, 4.69) is 18.8 Å². The van der Waals surface area contributed by atoms with Gasteiger partial charge in [-0.15, -0.1) is 0 Å². The van der Waals surface area contributed by atoms with Crippen LogP contribution in [0.1, 0.15) is 98.7 Å². The Labute approximate surface area is 211 Å². The van der Waals surface area contributed by atoms with Gasteiger partial charge in [0, 0.05) is 0 Å². The van der Waals surface area contributed by atoms with E-state index in [1.54, 1.807) is 6.92 Å². The van der Waals surface area contributed by atoms with Crippen molar-refractivity contribution in [2.45, 2.75) is 103 Å². The van der Waals surface area contributed by atoms with Crippen molar-refractivity contribution < 1.29 is 70.6 Å². The Hall–Kier alpha value is 0.756. The van der Waals surface area contributed by atoms with Gasteiger partial charge in [0.25, 0.3) is 10.1 Å². The maximum Gasteiger partial charge on any atom is 1.00 e. The van der Waals surface area contributed by atoms with Crippen molar-refractivity contribution in [3.63, 3.8) is 0 Å². The standard InChI is InChI=1S/C20H39NO4S.K.H/c1-4-6-7-8-9-10-11-12-13-14-15-16-17-18(3)20(26(23,24)25)21-19(22)5-2;;/h5,18,20H,2,4,6-17H2,1,3H3,(H,21,22)(H,23,24,25);;/q;+1;-1. The first-order valence-corrected chi connectivity index (χ1v) is 11.7. The van der Waals surface area contributed by atoms with E-state index in [0.717, 1.165) is 25.3 Å². The van der Waals surface area contributed by atoms with E-state index in [1.807, 2.05) is 0 Å². The summed E-state index contributed by atoms with van der Waals surface area (Å²) in [5.41, 5.74) is 0. The molecule has 156 valence electrons. The predicted molar refractivity (Wildman–Crippen MR) is 110 cm³/mol. The van der Waals surface area contributed by atoms with Gasteiger partial charge in [0.2, 0.25) is 5.91 Å². The van der Waals surface area contributed by atoms with Crippen LogP contribution in [-0.4, -0.2) is 24.3 Å². The van der Waals surface area contributed by atoms with Gasteiger partial charge in [-0.1, -0.05) is 97.5 Å². The normalized spacial score (nSPS) is 13.4. The summed E-state index contributed by atoms with van der Waals surface area (Å²) in [6, 6.07) is 0. The molecule has 0 aromatic carbocycles. The SMILES string of the molecule is C=CC(=O)NC(C(C)CCCCCCCCCCCCCC)S(=O)(=O)O.[H-].[K+]. The van der Waals surface area contributed by atoms with E-state index < -0.39 is 21.4 Å². The molecule has 0 bridgehead atoms. The topological polar surface area (TPSA) is 83.5 Å². The molecule has 2 unspecified atom stereocenters. The third-order valence-electron chi connectivity index (χ3n) is 4.82. The number of amides is 1. The molecular weight excluding hydrogens is 389 g/mol. The fourth-order valence-electron chi connectivity index (χ4n) is 3.17. The van der Waals surface area contributed by atoms with E-state index in [4.69, 9.17) is 0 Å². The summed E-state index contributed by atoms with van der Waals surface area (Å²) in [6.07, 6.45) is 16.6. The summed E-state index contributed by atoms with van der Waals surface area (Å²) in [5, 5.41) is 1.04. The van der Waals surface area contributed by atoms with Gasteiger partial charge in [0.15, 0.2) is 5.37 Å². The van der Waals surface area contributed by atoms with Gasteiger partial charge in [0.1, 0.15) is 0 Å². The molecule has 0 fully saturated rings. The third kappa shape index (κ3) is 17.3. The molecular formula is C20H40KNO4S. The molecule has 27 heavy (non-hydrogen) atoms. The van der Waals surface area contributed by atoms with Gasteiger partial charge in [-0.25, -0.2) is 0 Å². The van der Waals surface area contributed by atoms with E-state index >= 15 is 0 Å². The van der Waals surface area contributed by atoms with Crippen LogP contribution >= 0.6 is 0 Å². The monoisotopic (exact) mass is 429 g/mol. The summed E-state index contributed by atoms with van der Waals surface area (Å²) < 4.78 is 32.2. The molecule has 0 aromatic rings. The zero-order valence-electron chi connectivity index (χ0n) is 18.7. The first-order valence-electron chi connectivity index (χ1n) is 10.2. The van der Waals surface area contributed by atoms with Crippen molar-refractivity contribution in [3.8, 4) is 0 Å². The predicted octanol–water partition coefficient (Wildman–Crippen LogP) is 2.35. The molecule has 0 spiro atoms. The van der Waals surface area contributed by atoms with Gasteiger partial charge >= 0.3 is 51.4 Å². The molecule has 2 atom stereocenters. The molecule has 0 aliphatic rings. The number of unbranched alkanes of at least 4 members (excludes halogenated alkanes) is 11. The number of rotatable bonds is 17. The van der Waals surface area contributed by atoms with Crippen molar-refractivity contribution in [1.82, 2.24) is 5.32 Å². The Morgan fingerprint density at radius 3 is 1.78 bits per heavy atom. The average Bonchev–Trinajstić information content (AvgIpc) is 2.59.